The Morgan fingerprint density at radius 3 is 2.22 bits per heavy atom. The fourth-order valence-corrected chi connectivity index (χ4v) is 3.35. The number of carbonyl (C=O) groups excluding carboxylic acids is 2. The van der Waals surface area contributed by atoms with Gasteiger partial charge in [0, 0.05) is 12.7 Å². The summed E-state index contributed by atoms with van der Waals surface area (Å²) in [4.78, 5) is 28.7. The Hall–Kier alpha value is -1.98. The predicted octanol–water partition coefficient (Wildman–Crippen LogP) is 6.49. The molecule has 2 amide bonds. The van der Waals surface area contributed by atoms with Gasteiger partial charge < -0.3 is 20.3 Å². The normalized spacial score (nSPS) is 10.6. The van der Waals surface area contributed by atoms with Crippen LogP contribution in [0.3, 0.4) is 0 Å². The van der Waals surface area contributed by atoms with E-state index in [-0.39, 0.29) is 51.4 Å². The second-order valence-electron chi connectivity index (χ2n) is 7.65. The SMILES string of the molecule is CCCOC(=O)NCCCN(C)C.Cl.O=C(NCc1ncc(C(F)(F)F)cc1Cl)c1c(Cl)cccc1Cl. The molecule has 0 saturated heterocycles. The molecule has 1 aromatic carbocycles. The van der Waals surface area contributed by atoms with Crippen molar-refractivity contribution in [2.75, 3.05) is 33.8 Å². The Kier molecular flexibility index (Phi) is 16.6. The van der Waals surface area contributed by atoms with Crippen LogP contribution < -0.4 is 10.6 Å². The minimum absolute atomic E-state index is 0. The zero-order valence-corrected chi connectivity index (χ0v) is 23.5. The molecule has 7 nitrogen and oxygen atoms in total. The molecule has 0 saturated carbocycles. The van der Waals surface area contributed by atoms with Gasteiger partial charge in [0.25, 0.3) is 5.91 Å². The number of nitrogens with zero attached hydrogens (tertiary/aromatic N) is 2. The molecule has 2 N–H and O–H groups in total. The van der Waals surface area contributed by atoms with Crippen LogP contribution in [0.5, 0.6) is 0 Å². The fraction of sp³-hybridized carbons (Fsp3) is 0.435. The number of hydrogen-bond donors (Lipinski definition) is 2. The smallest absolute Gasteiger partial charge is 0.417 e. The minimum atomic E-state index is -4.54. The third-order valence-corrected chi connectivity index (χ3v) is 5.30. The number of alkyl halides is 3. The summed E-state index contributed by atoms with van der Waals surface area (Å²) >= 11 is 17.6. The van der Waals surface area contributed by atoms with Gasteiger partial charge in [-0.2, -0.15) is 13.2 Å². The predicted molar refractivity (Wildman–Crippen MR) is 142 cm³/mol. The molecule has 0 unspecified atom stereocenters. The van der Waals surface area contributed by atoms with Crippen molar-refractivity contribution in [3.63, 3.8) is 0 Å². The highest BCUT2D eigenvalue weighted by Crippen LogP contribution is 2.31. The number of amides is 2. The van der Waals surface area contributed by atoms with E-state index in [1.807, 2.05) is 21.0 Å². The Morgan fingerprint density at radius 1 is 1.08 bits per heavy atom. The van der Waals surface area contributed by atoms with Crippen LogP contribution in [0, 0.1) is 0 Å². The lowest BCUT2D eigenvalue weighted by Crippen LogP contribution is -2.27. The summed E-state index contributed by atoms with van der Waals surface area (Å²) in [6.07, 6.45) is -2.38. The van der Waals surface area contributed by atoms with Crippen molar-refractivity contribution < 1.29 is 27.5 Å². The largest absolute Gasteiger partial charge is 0.450 e. The Bertz CT molecular complexity index is 991. The van der Waals surface area contributed by atoms with Crippen LogP contribution >= 0.6 is 47.2 Å². The average Bonchev–Trinajstić information content (AvgIpc) is 2.79. The van der Waals surface area contributed by atoms with Crippen LogP contribution in [0.25, 0.3) is 0 Å². The number of aromatic nitrogens is 1. The molecule has 0 aliphatic rings. The average molecular weight is 608 g/mol. The lowest BCUT2D eigenvalue weighted by atomic mass is 10.2. The summed E-state index contributed by atoms with van der Waals surface area (Å²) in [7, 11) is 4.02. The van der Waals surface area contributed by atoms with Crippen molar-refractivity contribution in [2.24, 2.45) is 0 Å². The maximum atomic E-state index is 12.5. The maximum Gasteiger partial charge on any atom is 0.417 e. The van der Waals surface area contributed by atoms with E-state index in [9.17, 15) is 22.8 Å². The fourth-order valence-electron chi connectivity index (χ4n) is 2.55. The number of halogens is 7. The summed E-state index contributed by atoms with van der Waals surface area (Å²) in [6.45, 7) is 3.96. The number of ether oxygens (including phenoxy) is 1. The summed E-state index contributed by atoms with van der Waals surface area (Å²) < 4.78 is 42.4. The van der Waals surface area contributed by atoms with Crippen molar-refractivity contribution >= 4 is 59.2 Å². The van der Waals surface area contributed by atoms with Gasteiger partial charge in [-0.25, -0.2) is 4.79 Å². The molecule has 1 aromatic heterocycles. The van der Waals surface area contributed by atoms with Gasteiger partial charge in [-0.05, 0) is 51.7 Å². The first-order valence-corrected chi connectivity index (χ1v) is 12.0. The molecular formula is C23H29Cl4F3N4O3. The maximum absolute atomic E-state index is 12.5. The summed E-state index contributed by atoms with van der Waals surface area (Å²) in [5.74, 6) is -0.585. The molecule has 2 rings (SSSR count). The molecule has 0 aliphatic carbocycles. The lowest BCUT2D eigenvalue weighted by molar-refractivity contribution is -0.137. The van der Waals surface area contributed by atoms with Gasteiger partial charge >= 0.3 is 12.3 Å². The van der Waals surface area contributed by atoms with Crippen molar-refractivity contribution in [2.45, 2.75) is 32.5 Å². The van der Waals surface area contributed by atoms with Gasteiger partial charge in [0.1, 0.15) is 0 Å². The number of benzene rings is 1. The number of hydrogen-bond acceptors (Lipinski definition) is 5. The highest BCUT2D eigenvalue weighted by molar-refractivity contribution is 6.39. The zero-order chi connectivity index (χ0) is 27.3. The van der Waals surface area contributed by atoms with Crippen LogP contribution in [0.2, 0.25) is 15.1 Å². The van der Waals surface area contributed by atoms with E-state index >= 15 is 0 Å². The molecule has 37 heavy (non-hydrogen) atoms. The second kappa shape index (κ2) is 17.5. The van der Waals surface area contributed by atoms with Crippen LogP contribution in [0.1, 0.15) is 41.4 Å². The monoisotopic (exact) mass is 606 g/mol. The quantitative estimate of drug-likeness (QED) is 0.319. The number of nitrogens with one attached hydrogen (secondary N) is 2. The number of pyridine rings is 1. The van der Waals surface area contributed by atoms with Crippen LogP contribution in [0.4, 0.5) is 18.0 Å². The topological polar surface area (TPSA) is 83.6 Å². The Labute approximate surface area is 235 Å². The highest BCUT2D eigenvalue weighted by Gasteiger charge is 2.31. The van der Waals surface area contributed by atoms with Crippen molar-refractivity contribution in [1.29, 1.82) is 0 Å². The molecule has 2 aromatic rings. The van der Waals surface area contributed by atoms with Gasteiger partial charge in [0.05, 0.1) is 45.0 Å². The van der Waals surface area contributed by atoms with E-state index in [1.54, 1.807) is 6.07 Å². The highest BCUT2D eigenvalue weighted by atomic mass is 35.5. The van der Waals surface area contributed by atoms with Crippen molar-refractivity contribution in [3.05, 3.63) is 62.4 Å². The summed E-state index contributed by atoms with van der Waals surface area (Å²) in [5, 5.41) is 5.25. The molecule has 1 heterocycles. The summed E-state index contributed by atoms with van der Waals surface area (Å²) in [5.41, 5.74) is -0.804. The standard InChI is InChI=1S/C14H8Cl3F3N2O.C9H20N2O2.ClH/c15-8-2-1-3-9(16)12(8)13(23)22-6-11-10(17)4-7(5-21-11)14(18,19)20;1-4-8-13-9(12)10-6-5-7-11(2)3;/h1-5H,6H2,(H,22,23);4-8H2,1-3H3,(H,10,12);1H. The molecule has 0 radical (unpaired) electrons. The first-order valence-electron chi connectivity index (χ1n) is 10.9. The van der Waals surface area contributed by atoms with E-state index in [4.69, 9.17) is 39.5 Å². The molecule has 0 spiro atoms. The van der Waals surface area contributed by atoms with E-state index < -0.39 is 17.6 Å². The third kappa shape index (κ3) is 13.4. The Balaban J connectivity index is 0.000000797. The van der Waals surface area contributed by atoms with Crippen LogP contribution in [-0.4, -0.2) is 55.7 Å². The van der Waals surface area contributed by atoms with Gasteiger partial charge in [0.2, 0.25) is 0 Å². The zero-order valence-electron chi connectivity index (χ0n) is 20.4. The number of alkyl carbamates (subject to hydrolysis) is 1. The van der Waals surface area contributed by atoms with Gasteiger partial charge in [-0.1, -0.05) is 47.8 Å². The van der Waals surface area contributed by atoms with Gasteiger partial charge in [-0.15, -0.1) is 12.4 Å². The molecule has 14 heteroatoms. The first-order chi connectivity index (χ1) is 16.9. The Morgan fingerprint density at radius 2 is 1.70 bits per heavy atom. The number of rotatable bonds is 9. The number of carbonyl (C=O) groups is 2. The third-order valence-electron chi connectivity index (χ3n) is 4.34. The van der Waals surface area contributed by atoms with E-state index in [1.165, 1.54) is 12.1 Å². The molecule has 0 bridgehead atoms. The molecule has 208 valence electrons. The van der Waals surface area contributed by atoms with E-state index in [0.29, 0.717) is 19.3 Å². The minimum Gasteiger partial charge on any atom is -0.450 e. The van der Waals surface area contributed by atoms with Crippen molar-refractivity contribution in [3.8, 4) is 0 Å². The second-order valence-corrected chi connectivity index (χ2v) is 8.87. The summed E-state index contributed by atoms with van der Waals surface area (Å²) in [6, 6.07) is 5.31. The van der Waals surface area contributed by atoms with Crippen LogP contribution in [-0.2, 0) is 17.5 Å². The van der Waals surface area contributed by atoms with E-state index in [2.05, 4.69) is 20.5 Å². The molecular weight excluding hydrogens is 579 g/mol. The molecule has 0 fully saturated rings. The van der Waals surface area contributed by atoms with E-state index in [0.717, 1.165) is 25.5 Å². The van der Waals surface area contributed by atoms with Crippen molar-refractivity contribution in [1.82, 2.24) is 20.5 Å². The lowest BCUT2D eigenvalue weighted by Gasteiger charge is -2.11. The molecule has 0 atom stereocenters. The van der Waals surface area contributed by atoms with Gasteiger partial charge in [-0.3, -0.25) is 9.78 Å². The first kappa shape index (κ1) is 35.0. The molecule has 0 aliphatic heterocycles. The van der Waals surface area contributed by atoms with Crippen LogP contribution in [0.15, 0.2) is 30.5 Å². The van der Waals surface area contributed by atoms with Gasteiger partial charge in [0.15, 0.2) is 0 Å².